The highest BCUT2D eigenvalue weighted by Gasteiger charge is 2.38. The van der Waals surface area contributed by atoms with Gasteiger partial charge in [-0.15, -0.1) is 0 Å². The molecule has 1 N–H and O–H groups in total. The van der Waals surface area contributed by atoms with Crippen LogP contribution in [0.4, 0.5) is 0 Å². The fraction of sp³-hybridized carbons (Fsp3) is 0.750. The van der Waals surface area contributed by atoms with Gasteiger partial charge in [-0.3, -0.25) is 14.5 Å². The number of likely N-dealkylation sites (tertiary alicyclic amines) is 1. The van der Waals surface area contributed by atoms with Crippen LogP contribution in [0.5, 0.6) is 0 Å². The van der Waals surface area contributed by atoms with Gasteiger partial charge in [-0.1, -0.05) is 12.8 Å². The molecule has 1 saturated heterocycles. The molecule has 1 unspecified atom stereocenters. The van der Waals surface area contributed by atoms with Crippen LogP contribution < -0.4 is 5.56 Å². The third kappa shape index (κ3) is 2.98. The molecule has 1 aromatic rings. The van der Waals surface area contributed by atoms with Crippen LogP contribution in [0, 0.1) is 5.92 Å². The summed E-state index contributed by atoms with van der Waals surface area (Å²) in [6.45, 7) is 3.28. The van der Waals surface area contributed by atoms with Crippen molar-refractivity contribution >= 4 is 5.91 Å². The van der Waals surface area contributed by atoms with E-state index in [-0.39, 0.29) is 17.4 Å². The van der Waals surface area contributed by atoms with Crippen LogP contribution in [-0.2, 0) is 17.8 Å². The maximum Gasteiger partial charge on any atom is 0.255 e. The lowest BCUT2D eigenvalue weighted by Crippen LogP contribution is -2.41. The number of hydrogen-bond acceptors (Lipinski definition) is 4. The quantitative estimate of drug-likeness (QED) is 0.897. The minimum atomic E-state index is 0.0414. The average molecular weight is 356 g/mol. The number of nitrogens with one attached hydrogen (secondary N) is 1. The zero-order chi connectivity index (χ0) is 17.7. The van der Waals surface area contributed by atoms with Crippen LogP contribution in [0.15, 0.2) is 4.79 Å². The smallest absolute Gasteiger partial charge is 0.255 e. The molecule has 5 rings (SSSR count). The van der Waals surface area contributed by atoms with Gasteiger partial charge < -0.3 is 9.88 Å². The Morgan fingerprint density at radius 1 is 1.08 bits per heavy atom. The molecule has 1 aromatic heterocycles. The fourth-order valence-electron chi connectivity index (χ4n) is 5.01. The molecule has 3 fully saturated rings. The van der Waals surface area contributed by atoms with Crippen molar-refractivity contribution in [2.75, 3.05) is 19.6 Å². The summed E-state index contributed by atoms with van der Waals surface area (Å²) in [5, 5.41) is 0. The summed E-state index contributed by atoms with van der Waals surface area (Å²) >= 11 is 0. The van der Waals surface area contributed by atoms with Gasteiger partial charge in [0.15, 0.2) is 0 Å². The van der Waals surface area contributed by atoms with E-state index in [0.717, 1.165) is 62.4 Å². The van der Waals surface area contributed by atoms with Crippen molar-refractivity contribution in [1.82, 2.24) is 19.8 Å². The molecule has 6 heteroatoms. The van der Waals surface area contributed by atoms with Crippen molar-refractivity contribution in [3.63, 3.8) is 0 Å². The van der Waals surface area contributed by atoms with Crippen LogP contribution in [-0.4, -0.2) is 51.4 Å². The molecule has 1 atom stereocenters. The van der Waals surface area contributed by atoms with Crippen molar-refractivity contribution < 1.29 is 4.79 Å². The van der Waals surface area contributed by atoms with E-state index < -0.39 is 0 Å². The van der Waals surface area contributed by atoms with Gasteiger partial charge in [0.25, 0.3) is 5.56 Å². The van der Waals surface area contributed by atoms with Crippen LogP contribution in [0.3, 0.4) is 0 Å². The van der Waals surface area contributed by atoms with Gasteiger partial charge in [0.2, 0.25) is 5.91 Å². The number of nitrogens with zero attached hydrogens (tertiary/aromatic N) is 3. The van der Waals surface area contributed by atoms with Crippen molar-refractivity contribution in [2.24, 2.45) is 5.92 Å². The van der Waals surface area contributed by atoms with Crippen LogP contribution in [0.2, 0.25) is 0 Å². The fourth-order valence-corrected chi connectivity index (χ4v) is 5.01. The van der Waals surface area contributed by atoms with E-state index in [0.29, 0.717) is 18.5 Å². The second-order valence-corrected chi connectivity index (χ2v) is 8.58. The van der Waals surface area contributed by atoms with E-state index in [1.807, 2.05) is 4.90 Å². The first-order valence-electron chi connectivity index (χ1n) is 10.3. The van der Waals surface area contributed by atoms with Crippen LogP contribution in [0.25, 0.3) is 0 Å². The van der Waals surface area contributed by atoms with Gasteiger partial charge in [-0.05, 0) is 32.1 Å². The second kappa shape index (κ2) is 6.48. The summed E-state index contributed by atoms with van der Waals surface area (Å²) in [7, 11) is 0. The highest BCUT2D eigenvalue weighted by Crippen LogP contribution is 2.34. The Bertz CT molecular complexity index is 764. The van der Waals surface area contributed by atoms with E-state index in [9.17, 15) is 9.59 Å². The highest BCUT2D eigenvalue weighted by atomic mass is 16.2. The van der Waals surface area contributed by atoms with E-state index in [2.05, 4.69) is 9.88 Å². The number of rotatable bonds is 3. The third-order valence-electron chi connectivity index (χ3n) is 6.77. The zero-order valence-electron chi connectivity index (χ0n) is 15.4. The topological polar surface area (TPSA) is 69.3 Å². The first kappa shape index (κ1) is 16.5. The van der Waals surface area contributed by atoms with Gasteiger partial charge in [0.05, 0.1) is 11.3 Å². The normalized spacial score (nSPS) is 27.1. The Kier molecular flexibility index (Phi) is 4.11. The summed E-state index contributed by atoms with van der Waals surface area (Å²) in [6.07, 6.45) is 9.06. The Balaban J connectivity index is 1.32. The average Bonchev–Trinajstić information content (AvgIpc) is 3.15. The predicted molar refractivity (Wildman–Crippen MR) is 97.9 cm³/mol. The Morgan fingerprint density at radius 2 is 1.88 bits per heavy atom. The number of aromatic amines is 1. The van der Waals surface area contributed by atoms with Gasteiger partial charge >= 0.3 is 0 Å². The lowest BCUT2D eigenvalue weighted by Gasteiger charge is -2.32. The minimum absolute atomic E-state index is 0.0414. The summed E-state index contributed by atoms with van der Waals surface area (Å²) < 4.78 is 0. The molecule has 0 bridgehead atoms. The molecular weight excluding hydrogens is 328 g/mol. The number of carbonyl (C=O) groups excluding carboxylic acids is 1. The number of hydrogen-bond donors (Lipinski definition) is 1. The van der Waals surface area contributed by atoms with E-state index in [1.165, 1.54) is 25.7 Å². The molecule has 0 aromatic carbocycles. The summed E-state index contributed by atoms with van der Waals surface area (Å²) in [5.74, 6) is 1.56. The first-order valence-corrected chi connectivity index (χ1v) is 10.3. The molecular formula is C20H28N4O2. The summed E-state index contributed by atoms with van der Waals surface area (Å²) in [4.78, 5) is 37.4. The van der Waals surface area contributed by atoms with Crippen molar-refractivity contribution in [3.8, 4) is 0 Å². The van der Waals surface area contributed by atoms with E-state index >= 15 is 0 Å². The number of aromatic nitrogens is 2. The molecule has 2 aliphatic carbocycles. The lowest BCUT2D eigenvalue weighted by atomic mass is 10.0. The number of amides is 1. The molecule has 26 heavy (non-hydrogen) atoms. The molecule has 4 aliphatic rings. The standard InChI is InChI=1S/C20H28N4O2/c25-19-16-12-23(15-3-1-2-4-15)10-8-17(16)21-18(22-19)14-7-9-24(11-14)20(26)13-5-6-13/h13-15H,1-12H2,(H,21,22,25). The number of carbonyl (C=O) groups is 1. The zero-order valence-corrected chi connectivity index (χ0v) is 15.4. The molecule has 2 aliphatic heterocycles. The van der Waals surface area contributed by atoms with Gasteiger partial charge in [0.1, 0.15) is 5.82 Å². The van der Waals surface area contributed by atoms with Crippen LogP contribution in [0.1, 0.15) is 67.9 Å². The monoisotopic (exact) mass is 356 g/mol. The molecule has 0 spiro atoms. The summed E-state index contributed by atoms with van der Waals surface area (Å²) in [5.41, 5.74) is 1.90. The maximum absolute atomic E-state index is 12.7. The number of fused-ring (bicyclic) bond motifs is 1. The SMILES string of the molecule is O=C(C1CC1)N1CCC(c2nc3c(c(=O)[nH]2)CN(C2CCCC2)CC3)C1. The molecule has 2 saturated carbocycles. The Hall–Kier alpha value is -1.69. The maximum atomic E-state index is 12.7. The second-order valence-electron chi connectivity index (χ2n) is 8.58. The third-order valence-corrected chi connectivity index (χ3v) is 6.77. The highest BCUT2D eigenvalue weighted by molar-refractivity contribution is 5.81. The number of H-pyrrole nitrogens is 1. The van der Waals surface area contributed by atoms with Gasteiger partial charge in [-0.25, -0.2) is 4.98 Å². The molecule has 3 heterocycles. The molecule has 6 nitrogen and oxygen atoms in total. The van der Waals surface area contributed by atoms with Gasteiger partial charge in [0, 0.05) is 50.5 Å². The van der Waals surface area contributed by atoms with Crippen LogP contribution >= 0.6 is 0 Å². The summed E-state index contributed by atoms with van der Waals surface area (Å²) in [6, 6.07) is 0.652. The van der Waals surface area contributed by atoms with Gasteiger partial charge in [-0.2, -0.15) is 0 Å². The Labute approximate surface area is 154 Å². The first-order chi connectivity index (χ1) is 12.7. The Morgan fingerprint density at radius 3 is 2.65 bits per heavy atom. The molecule has 140 valence electrons. The lowest BCUT2D eigenvalue weighted by molar-refractivity contribution is -0.131. The van der Waals surface area contributed by atoms with Crippen molar-refractivity contribution in [1.29, 1.82) is 0 Å². The largest absolute Gasteiger partial charge is 0.342 e. The molecule has 0 radical (unpaired) electrons. The molecule has 1 amide bonds. The van der Waals surface area contributed by atoms with Crippen molar-refractivity contribution in [3.05, 3.63) is 27.4 Å². The van der Waals surface area contributed by atoms with E-state index in [4.69, 9.17) is 4.98 Å². The predicted octanol–water partition coefficient (Wildman–Crippen LogP) is 1.80. The van der Waals surface area contributed by atoms with Crippen molar-refractivity contribution in [2.45, 2.75) is 69.9 Å². The van der Waals surface area contributed by atoms with E-state index in [1.54, 1.807) is 0 Å². The minimum Gasteiger partial charge on any atom is -0.342 e.